The number of fused-ring (bicyclic) bond motifs is 1. The fourth-order valence-electron chi connectivity index (χ4n) is 2.47. The molecule has 0 amide bonds. The molecule has 0 spiro atoms. The molecule has 0 atom stereocenters. The van der Waals surface area contributed by atoms with E-state index in [4.69, 9.17) is 10.5 Å². The Labute approximate surface area is 128 Å². The van der Waals surface area contributed by atoms with Gasteiger partial charge < -0.3 is 15.4 Å². The van der Waals surface area contributed by atoms with E-state index in [2.05, 4.69) is 9.89 Å². The Morgan fingerprint density at radius 3 is 2.91 bits per heavy atom. The maximum absolute atomic E-state index is 13.9. The third-order valence-electron chi connectivity index (χ3n) is 3.73. The molecule has 0 aromatic heterocycles. The Bertz CT molecular complexity index is 804. The van der Waals surface area contributed by atoms with Gasteiger partial charge in [-0.15, -0.1) is 0 Å². The van der Waals surface area contributed by atoms with Gasteiger partial charge in [0.2, 0.25) is 0 Å². The minimum Gasteiger partial charge on any atom is -0.497 e. The van der Waals surface area contributed by atoms with Gasteiger partial charge in [0, 0.05) is 29.7 Å². The first-order valence-electron chi connectivity index (χ1n) is 7.14. The largest absolute Gasteiger partial charge is 0.497 e. The van der Waals surface area contributed by atoms with E-state index in [0.29, 0.717) is 36.6 Å². The Balaban J connectivity index is 1.71. The zero-order chi connectivity index (χ0) is 15.5. The first-order valence-corrected chi connectivity index (χ1v) is 7.14. The van der Waals surface area contributed by atoms with E-state index in [1.165, 1.54) is 13.2 Å². The molecule has 1 aliphatic heterocycles. The minimum absolute atomic E-state index is 0.235. The van der Waals surface area contributed by atoms with Crippen LogP contribution in [0.2, 0.25) is 0 Å². The highest BCUT2D eigenvalue weighted by Gasteiger charge is 2.08. The summed E-state index contributed by atoms with van der Waals surface area (Å²) in [5.74, 6) is 0.300. The Morgan fingerprint density at radius 2 is 2.14 bits per heavy atom. The summed E-state index contributed by atoms with van der Waals surface area (Å²) in [6, 6.07) is 10.6. The van der Waals surface area contributed by atoms with E-state index in [-0.39, 0.29) is 5.82 Å². The standard InChI is InChI=1S/C17H18FN3O/c1-22-15-5-3-12(16(18)9-15)6-7-21-10-13-2-4-14(19)8-17(13)20-11-21/h2-5,8-10H,6-7,11,19H2,1H3. The number of nitrogen functional groups attached to an aromatic ring is 1. The van der Waals surface area contributed by atoms with Gasteiger partial charge in [0.15, 0.2) is 0 Å². The lowest BCUT2D eigenvalue weighted by Crippen LogP contribution is -2.36. The van der Waals surface area contributed by atoms with E-state index < -0.39 is 0 Å². The lowest BCUT2D eigenvalue weighted by atomic mass is 10.1. The van der Waals surface area contributed by atoms with Crippen LogP contribution < -0.4 is 21.0 Å². The summed E-state index contributed by atoms with van der Waals surface area (Å²) in [4.78, 5) is 6.57. The van der Waals surface area contributed by atoms with Crippen molar-refractivity contribution in [2.75, 3.05) is 26.1 Å². The quantitative estimate of drug-likeness (QED) is 0.866. The number of nitrogens with two attached hydrogens (primary N) is 1. The van der Waals surface area contributed by atoms with Gasteiger partial charge in [0.05, 0.1) is 12.5 Å². The SMILES string of the molecule is COc1ccc(CCN2C=c3ccc(N)cc3=NC2)c(F)c1. The van der Waals surface area contributed by atoms with Crippen molar-refractivity contribution in [2.24, 2.45) is 4.99 Å². The van der Waals surface area contributed by atoms with Gasteiger partial charge in [-0.05, 0) is 36.2 Å². The van der Waals surface area contributed by atoms with Crippen LogP contribution in [0.5, 0.6) is 5.75 Å². The van der Waals surface area contributed by atoms with E-state index >= 15 is 0 Å². The van der Waals surface area contributed by atoms with Crippen LogP contribution in [0, 0.1) is 5.82 Å². The molecule has 2 aromatic rings. The van der Waals surface area contributed by atoms with Crippen molar-refractivity contribution in [1.29, 1.82) is 0 Å². The molecule has 0 bridgehead atoms. The van der Waals surface area contributed by atoms with E-state index in [1.54, 1.807) is 12.1 Å². The molecule has 0 saturated heterocycles. The second-order valence-corrected chi connectivity index (χ2v) is 5.27. The lowest BCUT2D eigenvalue weighted by Gasteiger charge is -2.20. The zero-order valence-corrected chi connectivity index (χ0v) is 12.4. The number of hydrogen-bond donors (Lipinski definition) is 1. The molecule has 0 radical (unpaired) electrons. The van der Waals surface area contributed by atoms with E-state index in [1.807, 2.05) is 24.4 Å². The number of methoxy groups -OCH3 is 1. The zero-order valence-electron chi connectivity index (χ0n) is 12.4. The third-order valence-corrected chi connectivity index (χ3v) is 3.73. The van der Waals surface area contributed by atoms with E-state index in [9.17, 15) is 4.39 Å². The smallest absolute Gasteiger partial charge is 0.130 e. The normalized spacial score (nSPS) is 13.1. The van der Waals surface area contributed by atoms with Gasteiger partial charge in [-0.3, -0.25) is 4.99 Å². The maximum atomic E-state index is 13.9. The first kappa shape index (κ1) is 14.4. The number of anilines is 1. The second-order valence-electron chi connectivity index (χ2n) is 5.27. The van der Waals surface area contributed by atoms with Crippen LogP contribution in [0.1, 0.15) is 5.56 Å². The molecule has 4 nitrogen and oxygen atoms in total. The highest BCUT2D eigenvalue weighted by atomic mass is 19.1. The molecule has 0 aliphatic carbocycles. The molecule has 0 fully saturated rings. The number of benzene rings is 2. The van der Waals surface area contributed by atoms with Gasteiger partial charge in [0.1, 0.15) is 18.2 Å². The lowest BCUT2D eigenvalue weighted by molar-refractivity contribution is 0.405. The molecule has 0 unspecified atom stereocenters. The monoisotopic (exact) mass is 299 g/mol. The first-order chi connectivity index (χ1) is 10.7. The van der Waals surface area contributed by atoms with Crippen LogP contribution in [0.3, 0.4) is 0 Å². The number of hydrogen-bond acceptors (Lipinski definition) is 4. The Hall–Kier alpha value is -2.56. The van der Waals surface area contributed by atoms with Crippen molar-refractivity contribution in [3.8, 4) is 5.75 Å². The second kappa shape index (κ2) is 6.05. The van der Waals surface area contributed by atoms with Crippen molar-refractivity contribution in [1.82, 2.24) is 4.90 Å². The molecule has 0 saturated carbocycles. The minimum atomic E-state index is -0.235. The van der Waals surface area contributed by atoms with Crippen LogP contribution in [0.15, 0.2) is 41.4 Å². The van der Waals surface area contributed by atoms with Crippen molar-refractivity contribution in [3.63, 3.8) is 0 Å². The molecule has 1 heterocycles. The third kappa shape index (κ3) is 3.03. The van der Waals surface area contributed by atoms with Crippen molar-refractivity contribution >= 4 is 11.9 Å². The number of halogens is 1. The highest BCUT2D eigenvalue weighted by Crippen LogP contribution is 2.17. The molecular formula is C17H18FN3O. The van der Waals surface area contributed by atoms with Gasteiger partial charge in [-0.2, -0.15) is 0 Å². The van der Waals surface area contributed by atoms with Crippen molar-refractivity contribution < 1.29 is 9.13 Å². The van der Waals surface area contributed by atoms with E-state index in [0.717, 1.165) is 10.6 Å². The van der Waals surface area contributed by atoms with Crippen molar-refractivity contribution in [2.45, 2.75) is 6.42 Å². The summed E-state index contributed by atoms with van der Waals surface area (Å²) >= 11 is 0. The maximum Gasteiger partial charge on any atom is 0.130 e. The van der Waals surface area contributed by atoms with Crippen LogP contribution in [-0.2, 0) is 6.42 Å². The molecule has 2 aromatic carbocycles. The molecule has 22 heavy (non-hydrogen) atoms. The average Bonchev–Trinajstić information content (AvgIpc) is 2.53. The van der Waals surface area contributed by atoms with Crippen LogP contribution in [-0.4, -0.2) is 25.2 Å². The molecule has 3 rings (SSSR count). The molecular weight excluding hydrogens is 281 g/mol. The molecule has 2 N–H and O–H groups in total. The van der Waals surface area contributed by atoms with Crippen LogP contribution in [0.4, 0.5) is 10.1 Å². The summed E-state index contributed by atoms with van der Waals surface area (Å²) in [6.07, 6.45) is 2.66. The molecule has 1 aliphatic rings. The van der Waals surface area contributed by atoms with Gasteiger partial charge in [0.25, 0.3) is 0 Å². The van der Waals surface area contributed by atoms with Gasteiger partial charge in [-0.1, -0.05) is 6.07 Å². The number of nitrogens with zero attached hydrogens (tertiary/aromatic N) is 2. The fraction of sp³-hybridized carbons (Fsp3) is 0.235. The Morgan fingerprint density at radius 1 is 1.27 bits per heavy atom. The highest BCUT2D eigenvalue weighted by molar-refractivity contribution is 5.39. The van der Waals surface area contributed by atoms with Crippen LogP contribution in [0.25, 0.3) is 6.20 Å². The Kier molecular flexibility index (Phi) is 3.96. The van der Waals surface area contributed by atoms with Crippen molar-refractivity contribution in [3.05, 3.63) is 58.4 Å². The summed E-state index contributed by atoms with van der Waals surface area (Å²) in [5, 5.41) is 1.95. The fourth-order valence-corrected chi connectivity index (χ4v) is 2.47. The van der Waals surface area contributed by atoms with Crippen LogP contribution >= 0.6 is 0 Å². The number of ether oxygens (including phenoxy) is 1. The predicted octanol–water partition coefficient (Wildman–Crippen LogP) is 1.29. The number of rotatable bonds is 4. The van der Waals surface area contributed by atoms with Gasteiger partial charge >= 0.3 is 0 Å². The summed E-state index contributed by atoms with van der Waals surface area (Å²) in [6.45, 7) is 1.27. The topological polar surface area (TPSA) is 50.9 Å². The summed E-state index contributed by atoms with van der Waals surface area (Å²) in [7, 11) is 1.53. The predicted molar refractivity (Wildman–Crippen MR) is 84.3 cm³/mol. The summed E-state index contributed by atoms with van der Waals surface area (Å²) < 4.78 is 18.9. The average molecular weight is 299 g/mol. The molecule has 114 valence electrons. The summed E-state index contributed by atoms with van der Waals surface area (Å²) in [5.41, 5.74) is 7.14. The van der Waals surface area contributed by atoms with Gasteiger partial charge in [-0.25, -0.2) is 4.39 Å². The molecule has 5 heteroatoms.